The van der Waals surface area contributed by atoms with E-state index in [-0.39, 0.29) is 23.5 Å². The summed E-state index contributed by atoms with van der Waals surface area (Å²) in [6, 6.07) is 3.93. The van der Waals surface area contributed by atoms with Crippen molar-refractivity contribution < 1.29 is 19.6 Å². The Morgan fingerprint density at radius 2 is 1.87 bits per heavy atom. The van der Waals surface area contributed by atoms with Gasteiger partial charge in [-0.2, -0.15) is 0 Å². The summed E-state index contributed by atoms with van der Waals surface area (Å²) in [5.74, 6) is -0.744. The first kappa shape index (κ1) is 18.0. The summed E-state index contributed by atoms with van der Waals surface area (Å²) in [7, 11) is 0. The predicted octanol–water partition coefficient (Wildman–Crippen LogP) is 1.71. The fourth-order valence-electron chi connectivity index (χ4n) is 1.72. The number of primary amides is 1. The lowest BCUT2D eigenvalue weighted by Gasteiger charge is -2.11. The van der Waals surface area contributed by atoms with Crippen LogP contribution >= 0.6 is 0 Å². The highest BCUT2D eigenvalue weighted by atomic mass is 16.6. The summed E-state index contributed by atoms with van der Waals surface area (Å²) in [6.07, 6.45) is -1.12. The van der Waals surface area contributed by atoms with Crippen molar-refractivity contribution in [1.29, 1.82) is 0 Å². The largest absolute Gasteiger partial charge is 0.465 e. The van der Waals surface area contributed by atoms with E-state index < -0.39 is 16.9 Å². The number of anilines is 1. The minimum Gasteiger partial charge on any atom is -0.465 e. The second-order valence-corrected chi connectivity index (χ2v) is 4.93. The summed E-state index contributed by atoms with van der Waals surface area (Å²) >= 11 is 0. The van der Waals surface area contributed by atoms with Crippen molar-refractivity contribution >= 4 is 23.4 Å². The van der Waals surface area contributed by atoms with Gasteiger partial charge in [-0.05, 0) is 26.0 Å². The Labute approximate surface area is 132 Å². The quantitative estimate of drug-likeness (QED) is 0.341. The SMILES string of the molecule is C/C(CNC(=O)O)=C(/C)CNc1ccc(C(N)=O)cc1[N+](=O)[O-]. The average molecular weight is 322 g/mol. The molecule has 1 rings (SSSR count). The third-order valence-electron chi connectivity index (χ3n) is 3.26. The highest BCUT2D eigenvalue weighted by Gasteiger charge is 2.16. The molecule has 23 heavy (non-hydrogen) atoms. The second-order valence-electron chi connectivity index (χ2n) is 4.93. The lowest BCUT2D eigenvalue weighted by atomic mass is 10.1. The van der Waals surface area contributed by atoms with Crippen LogP contribution in [0.3, 0.4) is 0 Å². The molecule has 2 amide bonds. The van der Waals surface area contributed by atoms with E-state index in [1.165, 1.54) is 12.1 Å². The van der Waals surface area contributed by atoms with Gasteiger partial charge in [0.05, 0.1) is 4.92 Å². The number of hydrogen-bond acceptors (Lipinski definition) is 5. The number of benzene rings is 1. The molecule has 0 bridgehead atoms. The van der Waals surface area contributed by atoms with Crippen LogP contribution in [0.4, 0.5) is 16.2 Å². The zero-order valence-corrected chi connectivity index (χ0v) is 12.8. The molecule has 0 aromatic heterocycles. The van der Waals surface area contributed by atoms with Crippen LogP contribution in [-0.4, -0.2) is 35.1 Å². The molecule has 0 atom stereocenters. The Hall–Kier alpha value is -3.10. The number of carbonyl (C=O) groups excluding carboxylic acids is 1. The van der Waals surface area contributed by atoms with Gasteiger partial charge >= 0.3 is 6.09 Å². The van der Waals surface area contributed by atoms with Gasteiger partial charge in [0.2, 0.25) is 5.91 Å². The van der Waals surface area contributed by atoms with Crippen molar-refractivity contribution in [3.8, 4) is 0 Å². The maximum absolute atomic E-state index is 11.1. The van der Waals surface area contributed by atoms with Crippen LogP contribution in [0.2, 0.25) is 0 Å². The molecule has 5 N–H and O–H groups in total. The average Bonchev–Trinajstić information content (AvgIpc) is 2.49. The van der Waals surface area contributed by atoms with Gasteiger partial charge in [0, 0.05) is 24.7 Å². The summed E-state index contributed by atoms with van der Waals surface area (Å²) in [5.41, 5.74) is 6.80. The van der Waals surface area contributed by atoms with E-state index in [1.807, 2.05) is 0 Å². The highest BCUT2D eigenvalue weighted by molar-refractivity contribution is 5.94. The minimum atomic E-state index is -1.12. The third-order valence-corrected chi connectivity index (χ3v) is 3.26. The van der Waals surface area contributed by atoms with Gasteiger partial charge in [-0.15, -0.1) is 0 Å². The Morgan fingerprint density at radius 3 is 2.39 bits per heavy atom. The van der Waals surface area contributed by atoms with Crippen molar-refractivity contribution in [1.82, 2.24) is 5.32 Å². The van der Waals surface area contributed by atoms with Gasteiger partial charge in [-0.3, -0.25) is 14.9 Å². The molecule has 0 heterocycles. The monoisotopic (exact) mass is 322 g/mol. The van der Waals surface area contributed by atoms with Crippen molar-refractivity contribution in [3.05, 3.63) is 45.0 Å². The number of nitrogens with zero attached hydrogens (tertiary/aromatic N) is 1. The van der Waals surface area contributed by atoms with Crippen molar-refractivity contribution in [2.45, 2.75) is 13.8 Å². The number of amides is 2. The standard InChI is InChI=1S/C14H18N4O5/c1-8(9(2)7-17-14(20)21)6-16-11-4-3-10(13(15)19)5-12(11)18(22)23/h3-5,16-17H,6-7H2,1-2H3,(H2,15,19)(H,20,21)/b9-8+. The van der Waals surface area contributed by atoms with E-state index in [0.717, 1.165) is 17.2 Å². The van der Waals surface area contributed by atoms with Crippen LogP contribution in [0.1, 0.15) is 24.2 Å². The molecule has 0 aliphatic carbocycles. The van der Waals surface area contributed by atoms with E-state index in [2.05, 4.69) is 10.6 Å². The predicted molar refractivity (Wildman–Crippen MR) is 84.5 cm³/mol. The lowest BCUT2D eigenvalue weighted by molar-refractivity contribution is -0.384. The summed E-state index contributed by atoms with van der Waals surface area (Å²) in [5, 5.41) is 24.8. The molecule has 1 aromatic rings. The van der Waals surface area contributed by atoms with Crippen LogP contribution in [0, 0.1) is 10.1 Å². The van der Waals surface area contributed by atoms with E-state index in [0.29, 0.717) is 6.54 Å². The van der Waals surface area contributed by atoms with Crippen molar-refractivity contribution in [2.24, 2.45) is 5.73 Å². The topological polar surface area (TPSA) is 148 Å². The van der Waals surface area contributed by atoms with Gasteiger partial charge in [0.25, 0.3) is 5.69 Å². The Kier molecular flexibility index (Phi) is 6.07. The summed E-state index contributed by atoms with van der Waals surface area (Å²) in [4.78, 5) is 32.0. The van der Waals surface area contributed by atoms with Crippen molar-refractivity contribution in [2.75, 3.05) is 18.4 Å². The van der Waals surface area contributed by atoms with Crippen LogP contribution in [-0.2, 0) is 0 Å². The second kappa shape index (κ2) is 7.78. The Morgan fingerprint density at radius 1 is 1.26 bits per heavy atom. The molecule has 0 radical (unpaired) electrons. The van der Waals surface area contributed by atoms with Gasteiger partial charge in [0.1, 0.15) is 5.69 Å². The molecule has 0 spiro atoms. The number of carboxylic acid groups (broad SMARTS) is 1. The zero-order chi connectivity index (χ0) is 17.6. The molecule has 0 saturated carbocycles. The first-order valence-corrected chi connectivity index (χ1v) is 6.66. The van der Waals surface area contributed by atoms with E-state index in [4.69, 9.17) is 10.8 Å². The molecular weight excluding hydrogens is 304 g/mol. The Bertz CT molecular complexity index is 669. The number of hydrogen-bond donors (Lipinski definition) is 4. The normalized spacial score (nSPS) is 11.4. The molecule has 9 nitrogen and oxygen atoms in total. The molecule has 0 aliphatic rings. The van der Waals surface area contributed by atoms with Crippen molar-refractivity contribution in [3.63, 3.8) is 0 Å². The maximum atomic E-state index is 11.1. The van der Waals surface area contributed by atoms with Crippen LogP contribution < -0.4 is 16.4 Å². The molecular formula is C14H18N4O5. The molecule has 1 aromatic carbocycles. The van der Waals surface area contributed by atoms with Gasteiger partial charge in [-0.25, -0.2) is 4.79 Å². The molecule has 0 aliphatic heterocycles. The smallest absolute Gasteiger partial charge is 0.404 e. The zero-order valence-electron chi connectivity index (χ0n) is 12.8. The van der Waals surface area contributed by atoms with E-state index >= 15 is 0 Å². The number of nitro groups is 1. The fourth-order valence-corrected chi connectivity index (χ4v) is 1.72. The molecule has 9 heteroatoms. The van der Waals surface area contributed by atoms with Crippen LogP contribution in [0.5, 0.6) is 0 Å². The van der Waals surface area contributed by atoms with Gasteiger partial charge in [0.15, 0.2) is 0 Å². The molecule has 0 fully saturated rings. The molecule has 0 unspecified atom stereocenters. The lowest BCUT2D eigenvalue weighted by Crippen LogP contribution is -2.23. The number of nitro benzene ring substituents is 1. The number of nitrogens with one attached hydrogen (secondary N) is 2. The fraction of sp³-hybridized carbons (Fsp3) is 0.286. The number of nitrogens with two attached hydrogens (primary N) is 1. The maximum Gasteiger partial charge on any atom is 0.404 e. The highest BCUT2D eigenvalue weighted by Crippen LogP contribution is 2.25. The molecule has 0 saturated heterocycles. The first-order valence-electron chi connectivity index (χ1n) is 6.66. The minimum absolute atomic E-state index is 0.0522. The van der Waals surface area contributed by atoms with Gasteiger partial charge in [-0.1, -0.05) is 11.1 Å². The summed E-state index contributed by atoms with van der Waals surface area (Å²) < 4.78 is 0. The third kappa shape index (κ3) is 5.30. The molecule has 124 valence electrons. The van der Waals surface area contributed by atoms with Gasteiger partial charge < -0.3 is 21.5 Å². The first-order chi connectivity index (χ1) is 10.7. The van der Waals surface area contributed by atoms with Crippen LogP contribution in [0.25, 0.3) is 0 Å². The summed E-state index contributed by atoms with van der Waals surface area (Å²) in [6.45, 7) is 4.02. The Balaban J connectivity index is 2.88. The number of rotatable bonds is 7. The van der Waals surface area contributed by atoms with E-state index in [1.54, 1.807) is 13.8 Å². The van der Waals surface area contributed by atoms with E-state index in [9.17, 15) is 19.7 Å². The van der Waals surface area contributed by atoms with Crippen LogP contribution in [0.15, 0.2) is 29.3 Å². The number of carbonyl (C=O) groups is 2.